The molecule has 1 heterocycles. The van der Waals surface area contributed by atoms with E-state index in [1.165, 1.54) is 12.4 Å². The average molecular weight is 290 g/mol. The number of benzene rings is 1. The van der Waals surface area contributed by atoms with E-state index in [0.29, 0.717) is 0 Å². The first-order valence-corrected chi connectivity index (χ1v) is 6.79. The van der Waals surface area contributed by atoms with E-state index in [2.05, 4.69) is 29.1 Å². The minimum Gasteiger partial charge on any atom is -0.344 e. The van der Waals surface area contributed by atoms with E-state index in [4.69, 9.17) is 11.6 Å². The Bertz CT molecular complexity index is 587. The van der Waals surface area contributed by atoms with E-state index in [9.17, 15) is 4.79 Å². The zero-order chi connectivity index (χ0) is 14.5. The summed E-state index contributed by atoms with van der Waals surface area (Å²) in [5.41, 5.74) is 1.28. The van der Waals surface area contributed by atoms with Gasteiger partial charge in [0.25, 0.3) is 5.91 Å². The minimum atomic E-state index is -0.275. The number of carbonyl (C=O) groups excluding carboxylic acids is 1. The van der Waals surface area contributed by atoms with Gasteiger partial charge in [-0.2, -0.15) is 0 Å². The van der Waals surface area contributed by atoms with Crippen LogP contribution in [0, 0.1) is 5.92 Å². The molecule has 0 spiro atoms. The highest BCUT2D eigenvalue weighted by molar-refractivity contribution is 6.29. The molecular weight excluding hydrogens is 274 g/mol. The van der Waals surface area contributed by atoms with Crippen LogP contribution in [-0.4, -0.2) is 15.9 Å². The van der Waals surface area contributed by atoms with Crippen molar-refractivity contribution < 1.29 is 4.79 Å². The van der Waals surface area contributed by atoms with Crippen molar-refractivity contribution in [2.75, 3.05) is 0 Å². The Kier molecular flexibility index (Phi) is 4.69. The molecular formula is C15H16ClN3O. The zero-order valence-electron chi connectivity index (χ0n) is 11.4. The van der Waals surface area contributed by atoms with E-state index in [1.54, 1.807) is 0 Å². The van der Waals surface area contributed by atoms with E-state index < -0.39 is 0 Å². The fraction of sp³-hybridized carbons (Fsp3) is 0.267. The van der Waals surface area contributed by atoms with Crippen LogP contribution in [0.5, 0.6) is 0 Å². The van der Waals surface area contributed by atoms with Crippen LogP contribution >= 0.6 is 11.6 Å². The third-order valence-electron chi connectivity index (χ3n) is 2.95. The number of hydrogen-bond acceptors (Lipinski definition) is 3. The molecule has 5 heteroatoms. The van der Waals surface area contributed by atoms with Crippen LogP contribution in [0.4, 0.5) is 0 Å². The van der Waals surface area contributed by atoms with Gasteiger partial charge in [0.1, 0.15) is 10.8 Å². The molecule has 0 radical (unpaired) electrons. The van der Waals surface area contributed by atoms with Crippen molar-refractivity contribution >= 4 is 17.5 Å². The highest BCUT2D eigenvalue weighted by Gasteiger charge is 2.19. The van der Waals surface area contributed by atoms with Crippen LogP contribution in [0.1, 0.15) is 35.9 Å². The van der Waals surface area contributed by atoms with E-state index in [-0.39, 0.29) is 28.7 Å². The molecule has 0 saturated carbocycles. The fourth-order valence-corrected chi connectivity index (χ4v) is 2.11. The first-order chi connectivity index (χ1) is 9.58. The third kappa shape index (κ3) is 3.54. The second-order valence-electron chi connectivity index (χ2n) is 4.83. The summed E-state index contributed by atoms with van der Waals surface area (Å²) in [5, 5.41) is 3.18. The number of nitrogens with one attached hydrogen (secondary N) is 1. The van der Waals surface area contributed by atoms with Gasteiger partial charge in [-0.05, 0) is 11.5 Å². The second-order valence-corrected chi connectivity index (χ2v) is 5.22. The van der Waals surface area contributed by atoms with Gasteiger partial charge in [0.05, 0.1) is 18.4 Å². The fourth-order valence-electron chi connectivity index (χ4n) is 1.96. The molecule has 0 aliphatic carbocycles. The lowest BCUT2D eigenvalue weighted by Crippen LogP contribution is -2.32. The van der Waals surface area contributed by atoms with Crippen molar-refractivity contribution in [1.82, 2.24) is 15.3 Å². The van der Waals surface area contributed by atoms with Crippen LogP contribution in [0.15, 0.2) is 42.7 Å². The molecule has 2 rings (SSSR count). The Hall–Kier alpha value is -1.94. The number of amides is 1. The lowest BCUT2D eigenvalue weighted by atomic mass is 9.96. The molecule has 2 aromatic rings. The Morgan fingerprint density at radius 3 is 2.50 bits per heavy atom. The van der Waals surface area contributed by atoms with E-state index >= 15 is 0 Å². The van der Waals surface area contributed by atoms with Gasteiger partial charge in [-0.15, -0.1) is 0 Å². The number of aromatic nitrogens is 2. The Morgan fingerprint density at radius 2 is 1.90 bits per heavy atom. The van der Waals surface area contributed by atoms with Crippen molar-refractivity contribution in [2.24, 2.45) is 5.92 Å². The molecule has 4 nitrogen and oxygen atoms in total. The van der Waals surface area contributed by atoms with Gasteiger partial charge in [-0.25, -0.2) is 4.98 Å². The predicted molar refractivity (Wildman–Crippen MR) is 78.5 cm³/mol. The average Bonchev–Trinajstić information content (AvgIpc) is 2.45. The van der Waals surface area contributed by atoms with Crippen molar-refractivity contribution in [1.29, 1.82) is 0 Å². The molecule has 20 heavy (non-hydrogen) atoms. The Labute approximate surface area is 123 Å². The zero-order valence-corrected chi connectivity index (χ0v) is 12.1. The van der Waals surface area contributed by atoms with Crippen LogP contribution in [0.3, 0.4) is 0 Å². The molecule has 104 valence electrons. The molecule has 1 atom stereocenters. The van der Waals surface area contributed by atoms with Crippen molar-refractivity contribution in [2.45, 2.75) is 19.9 Å². The van der Waals surface area contributed by atoms with Crippen molar-refractivity contribution in [3.05, 3.63) is 59.1 Å². The predicted octanol–water partition coefficient (Wildman–Crippen LogP) is 3.26. The van der Waals surface area contributed by atoms with Crippen LogP contribution in [0.2, 0.25) is 5.15 Å². The van der Waals surface area contributed by atoms with Crippen molar-refractivity contribution in [3.8, 4) is 0 Å². The standard InChI is InChI=1S/C15H16ClN3O/c1-10(2)14(11-6-4-3-5-7-11)19-15(20)12-8-17-9-13(16)18-12/h3-10,14H,1-2H3,(H,19,20). The highest BCUT2D eigenvalue weighted by atomic mass is 35.5. The quantitative estimate of drug-likeness (QED) is 0.940. The monoisotopic (exact) mass is 289 g/mol. The summed E-state index contributed by atoms with van der Waals surface area (Å²) in [6.07, 6.45) is 2.80. The van der Waals surface area contributed by atoms with Gasteiger partial charge in [-0.3, -0.25) is 9.78 Å². The molecule has 1 amide bonds. The first-order valence-electron chi connectivity index (χ1n) is 6.41. The van der Waals surface area contributed by atoms with Gasteiger partial charge in [-0.1, -0.05) is 55.8 Å². The van der Waals surface area contributed by atoms with Crippen LogP contribution < -0.4 is 5.32 Å². The highest BCUT2D eigenvalue weighted by Crippen LogP contribution is 2.21. The molecule has 1 unspecified atom stereocenters. The summed E-state index contributed by atoms with van der Waals surface area (Å²) < 4.78 is 0. The van der Waals surface area contributed by atoms with Crippen LogP contribution in [0.25, 0.3) is 0 Å². The maximum absolute atomic E-state index is 12.2. The number of hydrogen-bond donors (Lipinski definition) is 1. The molecule has 0 saturated heterocycles. The molecule has 0 aliphatic rings. The normalized spacial score (nSPS) is 12.2. The topological polar surface area (TPSA) is 54.9 Å². The second kappa shape index (κ2) is 6.48. The van der Waals surface area contributed by atoms with E-state index in [1.807, 2.05) is 30.3 Å². The molecule has 0 fully saturated rings. The van der Waals surface area contributed by atoms with Gasteiger partial charge in [0, 0.05) is 0 Å². The molecule has 1 aromatic heterocycles. The Morgan fingerprint density at radius 1 is 1.20 bits per heavy atom. The Balaban J connectivity index is 2.19. The van der Waals surface area contributed by atoms with Gasteiger partial charge in [0.2, 0.25) is 0 Å². The number of nitrogens with zero attached hydrogens (tertiary/aromatic N) is 2. The number of halogens is 1. The summed E-state index contributed by atoms with van der Waals surface area (Å²) in [6.45, 7) is 4.11. The summed E-state index contributed by atoms with van der Waals surface area (Å²) in [7, 11) is 0. The maximum atomic E-state index is 12.2. The van der Waals surface area contributed by atoms with Gasteiger partial charge < -0.3 is 5.32 Å². The summed E-state index contributed by atoms with van der Waals surface area (Å²) in [6, 6.07) is 9.77. The van der Waals surface area contributed by atoms with Crippen molar-refractivity contribution in [3.63, 3.8) is 0 Å². The molecule has 0 aliphatic heterocycles. The molecule has 0 bridgehead atoms. The minimum absolute atomic E-state index is 0.0792. The largest absolute Gasteiger partial charge is 0.344 e. The van der Waals surface area contributed by atoms with Gasteiger partial charge in [0.15, 0.2) is 0 Å². The third-order valence-corrected chi connectivity index (χ3v) is 3.13. The lowest BCUT2D eigenvalue weighted by Gasteiger charge is -2.22. The number of carbonyl (C=O) groups is 1. The van der Waals surface area contributed by atoms with Gasteiger partial charge >= 0.3 is 0 Å². The lowest BCUT2D eigenvalue weighted by molar-refractivity contribution is 0.0920. The summed E-state index contributed by atoms with van der Waals surface area (Å²) in [4.78, 5) is 20.1. The summed E-state index contributed by atoms with van der Waals surface area (Å²) >= 11 is 5.75. The first kappa shape index (κ1) is 14.5. The van der Waals surface area contributed by atoms with E-state index in [0.717, 1.165) is 5.56 Å². The smallest absolute Gasteiger partial charge is 0.272 e. The van der Waals surface area contributed by atoms with Crippen LogP contribution in [-0.2, 0) is 0 Å². The maximum Gasteiger partial charge on any atom is 0.272 e. The SMILES string of the molecule is CC(C)C(NC(=O)c1cncc(Cl)n1)c1ccccc1. The molecule has 1 aromatic carbocycles. The number of rotatable bonds is 4. The summed E-state index contributed by atoms with van der Waals surface area (Å²) in [5.74, 6) is -0.0175. The molecule has 1 N–H and O–H groups in total.